The molecule has 0 saturated carbocycles. The van der Waals surface area contributed by atoms with Gasteiger partial charge in [-0.3, -0.25) is 9.36 Å². The van der Waals surface area contributed by atoms with Crippen LogP contribution in [-0.2, 0) is 11.3 Å². The molecule has 3 aromatic carbocycles. The molecule has 0 unspecified atom stereocenters. The Balaban J connectivity index is 1.60. The van der Waals surface area contributed by atoms with Crippen LogP contribution in [0, 0.1) is 6.92 Å². The van der Waals surface area contributed by atoms with Crippen LogP contribution in [0.3, 0.4) is 0 Å². The van der Waals surface area contributed by atoms with E-state index in [4.69, 9.17) is 11.6 Å². The number of nitrogens with zero attached hydrogens (tertiary/aromatic N) is 4. The van der Waals surface area contributed by atoms with Gasteiger partial charge in [-0.15, -0.1) is 5.10 Å². The lowest BCUT2D eigenvalue weighted by molar-refractivity contribution is -0.116. The number of aryl methyl sites for hydroxylation is 1. The zero-order valence-electron chi connectivity index (χ0n) is 17.1. The smallest absolute Gasteiger partial charge is 0.324 e. The minimum atomic E-state index is -0.439. The van der Waals surface area contributed by atoms with Crippen molar-refractivity contribution in [2.75, 3.05) is 5.32 Å². The Labute approximate surface area is 187 Å². The highest BCUT2D eigenvalue weighted by atomic mass is 35.5. The Kier molecular flexibility index (Phi) is 4.95. The molecular formula is C24H18ClN5O2. The number of nitrogens with one attached hydrogen (secondary N) is 1. The number of carbonyl (C=O) groups excluding carboxylic acids is 1. The van der Waals surface area contributed by atoms with E-state index in [1.807, 2.05) is 49.4 Å². The third-order valence-corrected chi connectivity index (χ3v) is 5.41. The fraction of sp³-hybridized carbons (Fsp3) is 0.0833. The molecular weight excluding hydrogens is 426 g/mol. The Morgan fingerprint density at radius 3 is 2.59 bits per heavy atom. The van der Waals surface area contributed by atoms with Crippen molar-refractivity contribution in [3.8, 4) is 11.4 Å². The molecule has 0 aliphatic heterocycles. The van der Waals surface area contributed by atoms with Crippen LogP contribution < -0.4 is 11.0 Å². The highest BCUT2D eigenvalue weighted by molar-refractivity contribution is 6.30. The van der Waals surface area contributed by atoms with Gasteiger partial charge >= 0.3 is 5.69 Å². The largest absolute Gasteiger partial charge is 0.351 e. The molecule has 1 amide bonds. The molecule has 2 aromatic heterocycles. The van der Waals surface area contributed by atoms with Crippen LogP contribution in [0.1, 0.15) is 5.56 Å². The van der Waals surface area contributed by atoms with Crippen molar-refractivity contribution in [3.05, 3.63) is 93.9 Å². The summed E-state index contributed by atoms with van der Waals surface area (Å²) in [5.41, 5.74) is 3.11. The SMILES string of the molecule is Cc1ccc(-c2nc3c4ccccc4n(CC(=O)Nc4cccc(Cl)c4)c(=O)n3n2)cc1. The summed E-state index contributed by atoms with van der Waals surface area (Å²) in [5.74, 6) is 0.103. The molecule has 0 bridgehead atoms. The summed E-state index contributed by atoms with van der Waals surface area (Å²) in [5, 5.41) is 8.47. The summed E-state index contributed by atoms with van der Waals surface area (Å²) in [7, 11) is 0. The number of amides is 1. The van der Waals surface area contributed by atoms with Gasteiger partial charge in [-0.2, -0.15) is 4.52 Å². The van der Waals surface area contributed by atoms with Crippen molar-refractivity contribution >= 4 is 39.7 Å². The van der Waals surface area contributed by atoms with Gasteiger partial charge in [0.2, 0.25) is 5.91 Å². The fourth-order valence-corrected chi connectivity index (χ4v) is 3.81. The first-order chi connectivity index (χ1) is 15.5. The van der Waals surface area contributed by atoms with E-state index in [9.17, 15) is 9.59 Å². The highest BCUT2D eigenvalue weighted by Crippen LogP contribution is 2.22. The average molecular weight is 444 g/mol. The van der Waals surface area contributed by atoms with Crippen LogP contribution in [0.25, 0.3) is 27.9 Å². The molecule has 2 heterocycles. The predicted molar refractivity (Wildman–Crippen MR) is 125 cm³/mol. The molecule has 0 fully saturated rings. The monoisotopic (exact) mass is 443 g/mol. The first kappa shape index (κ1) is 20.0. The first-order valence-electron chi connectivity index (χ1n) is 10.0. The van der Waals surface area contributed by atoms with E-state index in [1.54, 1.807) is 30.3 Å². The number of carbonyl (C=O) groups is 1. The van der Waals surface area contributed by atoms with Gasteiger partial charge in [0, 0.05) is 21.7 Å². The van der Waals surface area contributed by atoms with Crippen molar-refractivity contribution in [2.24, 2.45) is 0 Å². The Morgan fingerprint density at radius 2 is 1.81 bits per heavy atom. The van der Waals surface area contributed by atoms with Crippen LogP contribution in [0.15, 0.2) is 77.6 Å². The fourth-order valence-electron chi connectivity index (χ4n) is 3.62. The Bertz CT molecular complexity index is 1540. The van der Waals surface area contributed by atoms with Crippen molar-refractivity contribution in [2.45, 2.75) is 13.5 Å². The van der Waals surface area contributed by atoms with E-state index < -0.39 is 5.69 Å². The van der Waals surface area contributed by atoms with Gasteiger partial charge in [-0.25, -0.2) is 9.78 Å². The second-order valence-electron chi connectivity index (χ2n) is 7.48. The van der Waals surface area contributed by atoms with Crippen LogP contribution >= 0.6 is 11.6 Å². The maximum absolute atomic E-state index is 13.3. The zero-order valence-corrected chi connectivity index (χ0v) is 17.9. The molecule has 32 heavy (non-hydrogen) atoms. The standard InChI is InChI=1S/C24H18ClN5O2/c1-15-9-11-16(12-10-15)22-27-23-19-7-2-3-8-20(19)29(24(32)30(23)28-22)14-21(31)26-18-6-4-5-17(25)13-18/h2-13H,14H2,1H3,(H,26,31). The lowest BCUT2D eigenvalue weighted by Crippen LogP contribution is -2.32. The molecule has 7 nitrogen and oxygen atoms in total. The van der Waals surface area contributed by atoms with Gasteiger partial charge in [0.05, 0.1) is 5.52 Å². The number of halogens is 1. The minimum absolute atomic E-state index is 0.179. The molecule has 5 rings (SSSR count). The number of para-hydroxylation sites is 1. The quantitative estimate of drug-likeness (QED) is 0.448. The topological polar surface area (TPSA) is 81.3 Å². The average Bonchev–Trinajstić information content (AvgIpc) is 3.23. The van der Waals surface area contributed by atoms with Crippen molar-refractivity contribution in [1.29, 1.82) is 0 Å². The van der Waals surface area contributed by atoms with Gasteiger partial charge in [0.1, 0.15) is 6.54 Å². The maximum Gasteiger partial charge on any atom is 0.351 e. The van der Waals surface area contributed by atoms with E-state index in [-0.39, 0.29) is 12.5 Å². The van der Waals surface area contributed by atoms with E-state index in [1.165, 1.54) is 9.08 Å². The third kappa shape index (κ3) is 3.63. The van der Waals surface area contributed by atoms with Gasteiger partial charge in [-0.1, -0.05) is 59.6 Å². The van der Waals surface area contributed by atoms with Crippen molar-refractivity contribution in [3.63, 3.8) is 0 Å². The molecule has 0 saturated heterocycles. The maximum atomic E-state index is 13.3. The van der Waals surface area contributed by atoms with Crippen LogP contribution in [0.4, 0.5) is 5.69 Å². The molecule has 0 aliphatic rings. The number of fused-ring (bicyclic) bond motifs is 3. The number of hydrogen-bond donors (Lipinski definition) is 1. The van der Waals surface area contributed by atoms with Crippen LogP contribution in [0.2, 0.25) is 5.02 Å². The summed E-state index contributed by atoms with van der Waals surface area (Å²) in [6, 6.07) is 22.0. The molecule has 0 aliphatic carbocycles. The summed E-state index contributed by atoms with van der Waals surface area (Å²) in [6.45, 7) is 1.82. The molecule has 8 heteroatoms. The molecule has 1 N–H and O–H groups in total. The third-order valence-electron chi connectivity index (χ3n) is 5.17. The van der Waals surface area contributed by atoms with Crippen LogP contribution in [-0.4, -0.2) is 25.1 Å². The highest BCUT2D eigenvalue weighted by Gasteiger charge is 2.17. The van der Waals surface area contributed by atoms with Gasteiger partial charge in [-0.05, 0) is 37.3 Å². The van der Waals surface area contributed by atoms with E-state index in [2.05, 4.69) is 15.4 Å². The van der Waals surface area contributed by atoms with Crippen molar-refractivity contribution < 1.29 is 4.79 Å². The predicted octanol–water partition coefficient (Wildman–Crippen LogP) is 4.31. The van der Waals surface area contributed by atoms with E-state index >= 15 is 0 Å². The number of aromatic nitrogens is 4. The van der Waals surface area contributed by atoms with E-state index in [0.717, 1.165) is 16.5 Å². The van der Waals surface area contributed by atoms with Gasteiger partial charge < -0.3 is 5.32 Å². The number of rotatable bonds is 4. The number of anilines is 1. The van der Waals surface area contributed by atoms with Crippen LogP contribution in [0.5, 0.6) is 0 Å². The van der Waals surface area contributed by atoms with Crippen molar-refractivity contribution in [1.82, 2.24) is 19.2 Å². The second kappa shape index (κ2) is 7.94. The lowest BCUT2D eigenvalue weighted by atomic mass is 10.1. The van der Waals surface area contributed by atoms with E-state index in [0.29, 0.717) is 27.7 Å². The summed E-state index contributed by atoms with van der Waals surface area (Å²) >= 11 is 5.99. The molecule has 0 spiro atoms. The van der Waals surface area contributed by atoms with Gasteiger partial charge in [0.15, 0.2) is 11.5 Å². The Hall–Kier alpha value is -3.97. The van der Waals surface area contributed by atoms with Gasteiger partial charge in [0.25, 0.3) is 0 Å². The molecule has 5 aromatic rings. The Morgan fingerprint density at radius 1 is 1.03 bits per heavy atom. The lowest BCUT2D eigenvalue weighted by Gasteiger charge is -2.11. The number of hydrogen-bond acceptors (Lipinski definition) is 4. The zero-order chi connectivity index (χ0) is 22.2. The molecule has 0 radical (unpaired) electrons. The molecule has 0 atom stereocenters. The molecule has 158 valence electrons. The second-order valence-corrected chi connectivity index (χ2v) is 7.92. The summed E-state index contributed by atoms with van der Waals surface area (Å²) in [4.78, 5) is 30.7. The number of benzene rings is 3. The summed E-state index contributed by atoms with van der Waals surface area (Å²) in [6.07, 6.45) is 0. The normalized spacial score (nSPS) is 11.2. The summed E-state index contributed by atoms with van der Waals surface area (Å²) < 4.78 is 2.65. The minimum Gasteiger partial charge on any atom is -0.324 e. The first-order valence-corrected chi connectivity index (χ1v) is 10.4.